The standard InChI is InChI=1S/C20H33N5O8/c1-7-32-19(30)13(4)33-20(31)24(6)23-17(28)15-9-8-10-25(15)18(29)12(3)22-16(27)11(2)21-14(5)26/h11-13,15H,7-10H2,1-6H3,(H,21,26)(H,22,27)(H,23,28)/t11-,12-,13-,15-/m0/s1. The molecule has 1 heterocycles. The molecule has 5 amide bonds. The van der Waals surface area contributed by atoms with Crippen LogP contribution in [0.3, 0.4) is 0 Å². The summed E-state index contributed by atoms with van der Waals surface area (Å²) in [5, 5.41) is 5.72. The Morgan fingerprint density at radius 3 is 2.27 bits per heavy atom. The maximum atomic E-state index is 12.8. The fourth-order valence-electron chi connectivity index (χ4n) is 3.15. The van der Waals surface area contributed by atoms with Crippen molar-refractivity contribution in [2.45, 2.75) is 71.7 Å². The van der Waals surface area contributed by atoms with Crippen molar-refractivity contribution in [3.05, 3.63) is 0 Å². The molecule has 0 saturated carbocycles. The molecule has 0 aliphatic carbocycles. The first-order valence-corrected chi connectivity index (χ1v) is 10.7. The van der Waals surface area contributed by atoms with Crippen LogP contribution in [0.15, 0.2) is 0 Å². The molecule has 0 aromatic heterocycles. The van der Waals surface area contributed by atoms with Crippen molar-refractivity contribution in [2.75, 3.05) is 20.2 Å². The van der Waals surface area contributed by atoms with Crippen molar-refractivity contribution in [1.82, 2.24) is 26.0 Å². The van der Waals surface area contributed by atoms with Gasteiger partial charge in [-0.15, -0.1) is 0 Å². The SMILES string of the molecule is CCOC(=O)[C@H](C)OC(=O)N(C)NC(=O)[C@@H]1CCCN1C(=O)[C@H](C)NC(=O)[C@H](C)NC(C)=O. The van der Waals surface area contributed by atoms with E-state index < -0.39 is 54.0 Å². The van der Waals surface area contributed by atoms with Crippen molar-refractivity contribution in [2.24, 2.45) is 0 Å². The zero-order chi connectivity index (χ0) is 25.3. The van der Waals surface area contributed by atoms with Crippen molar-refractivity contribution in [1.29, 1.82) is 0 Å². The number of nitrogens with zero attached hydrogens (tertiary/aromatic N) is 2. The maximum absolute atomic E-state index is 12.8. The Labute approximate surface area is 192 Å². The van der Waals surface area contributed by atoms with E-state index in [1.807, 2.05) is 0 Å². The van der Waals surface area contributed by atoms with Crippen molar-refractivity contribution >= 4 is 35.7 Å². The van der Waals surface area contributed by atoms with Crippen LogP contribution >= 0.6 is 0 Å². The Bertz CT molecular complexity index is 774. The molecule has 0 aromatic rings. The number of carbonyl (C=O) groups excluding carboxylic acids is 6. The van der Waals surface area contributed by atoms with Crippen LogP contribution in [0.4, 0.5) is 4.79 Å². The predicted octanol–water partition coefficient (Wildman–Crippen LogP) is -0.942. The number of hydrogen-bond donors (Lipinski definition) is 3. The Morgan fingerprint density at radius 2 is 1.70 bits per heavy atom. The van der Waals surface area contributed by atoms with Crippen LogP contribution in [-0.4, -0.2) is 90.0 Å². The fraction of sp³-hybridized carbons (Fsp3) is 0.700. The van der Waals surface area contributed by atoms with Crippen molar-refractivity contribution < 1.29 is 38.2 Å². The minimum atomic E-state index is -1.16. The average molecular weight is 472 g/mol. The zero-order valence-electron chi connectivity index (χ0n) is 19.8. The quantitative estimate of drug-likeness (QED) is 0.302. The number of ether oxygens (including phenoxy) is 2. The molecule has 1 aliphatic rings. The first kappa shape index (κ1) is 27.7. The van der Waals surface area contributed by atoms with Gasteiger partial charge in [0, 0.05) is 20.5 Å². The Morgan fingerprint density at radius 1 is 1.06 bits per heavy atom. The van der Waals surface area contributed by atoms with Gasteiger partial charge in [-0.05, 0) is 40.5 Å². The summed E-state index contributed by atoms with van der Waals surface area (Å²) in [6.07, 6.45) is -1.22. The summed E-state index contributed by atoms with van der Waals surface area (Å²) in [4.78, 5) is 73.8. The molecule has 0 unspecified atom stereocenters. The lowest BCUT2D eigenvalue weighted by atomic mass is 10.2. The van der Waals surface area contributed by atoms with Gasteiger partial charge in [-0.25, -0.2) is 14.6 Å². The fourth-order valence-corrected chi connectivity index (χ4v) is 3.15. The molecule has 13 heteroatoms. The van der Waals surface area contributed by atoms with E-state index in [0.717, 1.165) is 5.01 Å². The summed E-state index contributed by atoms with van der Waals surface area (Å²) in [5.41, 5.74) is 2.34. The van der Waals surface area contributed by atoms with Gasteiger partial charge in [0.2, 0.25) is 17.7 Å². The summed E-state index contributed by atoms with van der Waals surface area (Å²) in [6, 6.07) is -2.62. The maximum Gasteiger partial charge on any atom is 0.429 e. The first-order chi connectivity index (χ1) is 15.4. The minimum Gasteiger partial charge on any atom is -0.463 e. The van der Waals surface area contributed by atoms with Crippen LogP contribution < -0.4 is 16.1 Å². The van der Waals surface area contributed by atoms with E-state index in [4.69, 9.17) is 9.47 Å². The number of nitrogens with one attached hydrogen (secondary N) is 3. The minimum absolute atomic E-state index is 0.129. The Hall–Kier alpha value is -3.38. The van der Waals surface area contributed by atoms with E-state index in [2.05, 4.69) is 16.1 Å². The van der Waals surface area contributed by atoms with Gasteiger partial charge in [0.25, 0.3) is 5.91 Å². The summed E-state index contributed by atoms with van der Waals surface area (Å²) in [7, 11) is 1.24. The number of hydrazine groups is 1. The monoisotopic (exact) mass is 471 g/mol. The number of carbonyl (C=O) groups is 6. The van der Waals surface area contributed by atoms with E-state index in [0.29, 0.717) is 19.4 Å². The second-order valence-electron chi connectivity index (χ2n) is 7.66. The third-order valence-corrected chi connectivity index (χ3v) is 4.83. The van der Waals surface area contributed by atoms with Gasteiger partial charge >= 0.3 is 12.1 Å². The summed E-state index contributed by atoms with van der Waals surface area (Å²) in [5.74, 6) is -2.73. The van der Waals surface area contributed by atoms with E-state index in [1.54, 1.807) is 6.92 Å². The molecule has 4 atom stereocenters. The highest BCUT2D eigenvalue weighted by molar-refractivity contribution is 5.94. The van der Waals surface area contributed by atoms with E-state index in [-0.39, 0.29) is 12.5 Å². The van der Waals surface area contributed by atoms with Crippen molar-refractivity contribution in [3.8, 4) is 0 Å². The molecular weight excluding hydrogens is 438 g/mol. The van der Waals surface area contributed by atoms with Crippen LogP contribution in [0, 0.1) is 0 Å². The van der Waals surface area contributed by atoms with Crippen LogP contribution in [-0.2, 0) is 33.4 Å². The number of amides is 5. The molecule has 0 aromatic carbocycles. The third kappa shape index (κ3) is 8.24. The normalized spacial score (nSPS) is 17.8. The predicted molar refractivity (Wildman–Crippen MR) is 114 cm³/mol. The Balaban J connectivity index is 2.68. The second kappa shape index (κ2) is 12.6. The smallest absolute Gasteiger partial charge is 0.429 e. The van der Waals surface area contributed by atoms with E-state index >= 15 is 0 Å². The van der Waals surface area contributed by atoms with Crippen LogP contribution in [0.1, 0.15) is 47.5 Å². The highest BCUT2D eigenvalue weighted by Gasteiger charge is 2.37. The number of esters is 1. The van der Waals surface area contributed by atoms with Crippen molar-refractivity contribution in [3.63, 3.8) is 0 Å². The molecule has 13 nitrogen and oxygen atoms in total. The van der Waals surface area contributed by atoms with Gasteiger partial charge in [-0.1, -0.05) is 0 Å². The number of likely N-dealkylation sites (tertiary alicyclic amines) is 1. The topological polar surface area (TPSA) is 163 Å². The zero-order valence-corrected chi connectivity index (χ0v) is 19.8. The lowest BCUT2D eigenvalue weighted by Gasteiger charge is -2.29. The summed E-state index contributed by atoms with van der Waals surface area (Å²) >= 11 is 0. The van der Waals surface area contributed by atoms with Gasteiger partial charge < -0.3 is 25.0 Å². The van der Waals surface area contributed by atoms with E-state index in [1.165, 1.54) is 39.6 Å². The molecule has 3 N–H and O–H groups in total. The molecule has 1 saturated heterocycles. The molecule has 186 valence electrons. The molecular formula is C20H33N5O8. The van der Waals surface area contributed by atoms with Gasteiger partial charge in [0.05, 0.1) is 6.61 Å². The van der Waals surface area contributed by atoms with Gasteiger partial charge in [0.15, 0.2) is 6.10 Å². The van der Waals surface area contributed by atoms with E-state index in [9.17, 15) is 28.8 Å². The van der Waals surface area contributed by atoms with Crippen LogP contribution in [0.25, 0.3) is 0 Å². The summed E-state index contributed by atoms with van der Waals surface area (Å²) < 4.78 is 9.69. The molecule has 0 bridgehead atoms. The van der Waals surface area contributed by atoms with Crippen LogP contribution in [0.5, 0.6) is 0 Å². The largest absolute Gasteiger partial charge is 0.463 e. The second-order valence-corrected chi connectivity index (χ2v) is 7.66. The Kier molecular flexibility index (Phi) is 10.6. The van der Waals surface area contributed by atoms with Gasteiger partial charge in [-0.3, -0.25) is 24.6 Å². The summed E-state index contributed by atoms with van der Waals surface area (Å²) in [6.45, 7) is 7.62. The molecule has 0 radical (unpaired) electrons. The number of hydrogen-bond acceptors (Lipinski definition) is 8. The molecule has 1 fully saturated rings. The average Bonchev–Trinajstić information content (AvgIpc) is 3.22. The van der Waals surface area contributed by atoms with Crippen LogP contribution in [0.2, 0.25) is 0 Å². The lowest BCUT2D eigenvalue weighted by Crippen LogP contribution is -2.56. The highest BCUT2D eigenvalue weighted by atomic mass is 16.6. The molecule has 1 aliphatic heterocycles. The first-order valence-electron chi connectivity index (χ1n) is 10.7. The molecule has 33 heavy (non-hydrogen) atoms. The number of rotatable bonds is 8. The highest BCUT2D eigenvalue weighted by Crippen LogP contribution is 2.19. The van der Waals surface area contributed by atoms with Gasteiger partial charge in [0.1, 0.15) is 18.1 Å². The lowest BCUT2D eigenvalue weighted by molar-refractivity contribution is -0.152. The molecule has 0 spiro atoms. The van der Waals surface area contributed by atoms with Gasteiger partial charge in [-0.2, -0.15) is 0 Å². The third-order valence-electron chi connectivity index (χ3n) is 4.83. The molecule has 1 rings (SSSR count).